The summed E-state index contributed by atoms with van der Waals surface area (Å²) in [6.07, 6.45) is 8.83. The van der Waals surface area contributed by atoms with Crippen LogP contribution in [0.15, 0.2) is 110 Å². The molecule has 0 fully saturated rings. The molecule has 6 heterocycles. The number of aromatic hydroxyl groups is 1. The molecule has 0 aliphatic rings. The molecule has 2 N–H and O–H groups in total. The Kier molecular flexibility index (Phi) is 14.4. The zero-order valence-corrected chi connectivity index (χ0v) is 27.0. The molecule has 0 unspecified atom stereocenters. The predicted octanol–water partition coefficient (Wildman–Crippen LogP) is 6.91. The topological polar surface area (TPSA) is 201 Å². The van der Waals surface area contributed by atoms with Crippen LogP contribution >= 0.6 is 0 Å². The number of pyridine rings is 6. The van der Waals surface area contributed by atoms with Crippen LogP contribution < -0.4 is 9.47 Å². The molecular weight excluding hydrogens is 643 g/mol. The Morgan fingerprint density at radius 1 is 0.620 bits per heavy atom. The molecular formula is C36H29FN8O5. The molecule has 0 atom stereocenters. The van der Waals surface area contributed by atoms with Crippen molar-refractivity contribution in [3.8, 4) is 40.9 Å². The highest BCUT2D eigenvalue weighted by Crippen LogP contribution is 2.21. The number of aromatic carboxylic acids is 1. The number of carboxylic acid groups (broad SMARTS) is 1. The lowest BCUT2D eigenvalue weighted by Crippen LogP contribution is -1.99. The monoisotopic (exact) mass is 672 g/mol. The van der Waals surface area contributed by atoms with Gasteiger partial charge in [0.1, 0.15) is 58.1 Å². The van der Waals surface area contributed by atoms with Gasteiger partial charge in [0.25, 0.3) is 0 Å². The molecule has 6 aromatic heterocycles. The van der Waals surface area contributed by atoms with Crippen molar-refractivity contribution in [2.75, 3.05) is 0 Å². The number of hydrogen-bond donors (Lipinski definition) is 2. The first-order valence-electron chi connectivity index (χ1n) is 14.4. The number of hydrogen-bond acceptors (Lipinski definition) is 12. The Labute approximate surface area is 286 Å². The van der Waals surface area contributed by atoms with Crippen molar-refractivity contribution >= 4 is 5.97 Å². The molecule has 14 heteroatoms. The molecule has 50 heavy (non-hydrogen) atoms. The van der Waals surface area contributed by atoms with Crippen molar-refractivity contribution in [2.24, 2.45) is 0 Å². The third kappa shape index (κ3) is 13.6. The highest BCUT2D eigenvalue weighted by Gasteiger charge is 2.06. The zero-order chi connectivity index (χ0) is 36.3. The van der Waals surface area contributed by atoms with Gasteiger partial charge in [-0.2, -0.15) is 10.5 Å². The van der Waals surface area contributed by atoms with Crippen LogP contribution in [0.3, 0.4) is 0 Å². The molecule has 0 saturated heterocycles. The van der Waals surface area contributed by atoms with Crippen LogP contribution in [0.25, 0.3) is 0 Å². The number of halogens is 1. The fourth-order valence-electron chi connectivity index (χ4n) is 3.35. The van der Waals surface area contributed by atoms with Crippen LogP contribution in [0.4, 0.5) is 4.39 Å². The molecule has 13 nitrogen and oxygen atoms in total. The fourth-order valence-corrected chi connectivity index (χ4v) is 3.35. The van der Waals surface area contributed by atoms with Crippen LogP contribution in [0.1, 0.15) is 39.0 Å². The molecule has 6 aromatic rings. The van der Waals surface area contributed by atoms with Crippen molar-refractivity contribution in [1.29, 1.82) is 10.5 Å². The second-order valence-corrected chi connectivity index (χ2v) is 9.77. The van der Waals surface area contributed by atoms with E-state index in [2.05, 4.69) is 29.9 Å². The number of nitriles is 2. The summed E-state index contributed by atoms with van der Waals surface area (Å²) in [5.74, 6) is 0.897. The Morgan fingerprint density at radius 2 is 1.10 bits per heavy atom. The van der Waals surface area contributed by atoms with E-state index >= 15 is 0 Å². The van der Waals surface area contributed by atoms with Crippen LogP contribution in [0, 0.1) is 49.3 Å². The van der Waals surface area contributed by atoms with Gasteiger partial charge in [0.05, 0.1) is 18.6 Å². The van der Waals surface area contributed by atoms with Gasteiger partial charge in [0.2, 0.25) is 0 Å². The van der Waals surface area contributed by atoms with E-state index in [9.17, 15) is 9.18 Å². The van der Waals surface area contributed by atoms with E-state index in [1.165, 1.54) is 36.9 Å². The van der Waals surface area contributed by atoms with Crippen LogP contribution in [0.2, 0.25) is 0 Å². The number of ether oxygens (including phenoxy) is 2. The summed E-state index contributed by atoms with van der Waals surface area (Å²) in [5, 5.41) is 34.3. The first kappa shape index (κ1) is 37.1. The third-order valence-corrected chi connectivity index (χ3v) is 5.77. The number of aryl methyl sites for hydroxylation is 3. The van der Waals surface area contributed by atoms with Crippen LogP contribution in [0.5, 0.6) is 28.7 Å². The second kappa shape index (κ2) is 19.4. The van der Waals surface area contributed by atoms with Crippen molar-refractivity contribution in [1.82, 2.24) is 29.9 Å². The molecule has 6 rings (SSSR count). The second-order valence-electron chi connectivity index (χ2n) is 9.77. The molecule has 0 bridgehead atoms. The lowest BCUT2D eigenvalue weighted by atomic mass is 10.3. The van der Waals surface area contributed by atoms with E-state index in [1.807, 2.05) is 45.0 Å². The van der Waals surface area contributed by atoms with E-state index in [4.69, 9.17) is 30.2 Å². The van der Waals surface area contributed by atoms with Crippen molar-refractivity contribution in [3.63, 3.8) is 0 Å². The molecule has 0 spiro atoms. The van der Waals surface area contributed by atoms with E-state index in [-0.39, 0.29) is 17.1 Å². The van der Waals surface area contributed by atoms with Crippen LogP contribution in [-0.4, -0.2) is 46.1 Å². The summed E-state index contributed by atoms with van der Waals surface area (Å²) in [6, 6.07) is 22.8. The number of nitrogens with zero attached hydrogens (tertiary/aromatic N) is 8. The van der Waals surface area contributed by atoms with E-state index in [0.29, 0.717) is 28.7 Å². The highest BCUT2D eigenvalue weighted by atomic mass is 19.1. The molecule has 0 radical (unpaired) electrons. The fraction of sp³-hybridized carbons (Fsp3) is 0.0833. The molecule has 0 aliphatic heterocycles. The van der Waals surface area contributed by atoms with Crippen molar-refractivity contribution in [2.45, 2.75) is 20.8 Å². The van der Waals surface area contributed by atoms with Gasteiger partial charge in [0, 0.05) is 53.9 Å². The number of aromatic nitrogens is 6. The first-order valence-corrected chi connectivity index (χ1v) is 14.4. The summed E-state index contributed by atoms with van der Waals surface area (Å²) < 4.78 is 23.1. The molecule has 250 valence electrons. The van der Waals surface area contributed by atoms with Gasteiger partial charge >= 0.3 is 5.97 Å². The third-order valence-electron chi connectivity index (χ3n) is 5.77. The Morgan fingerprint density at radius 3 is 1.52 bits per heavy atom. The van der Waals surface area contributed by atoms with Crippen molar-refractivity contribution in [3.05, 3.63) is 150 Å². The standard InChI is InChI=1S/C12H9N3O.C12H10N2O3.C6H3FN2.C6H7NO/c1-9-2-3-12(8-15-9)16-11-4-5-14-10(6-11)7-13;1-8-2-3-10(7-14-8)17-9-4-5-13-11(6-9)12(15)16;7-5-1-2-9-6(3-5)4-8;1-5-2-3-6(8)4-7-5/h2-6,8H,1H3;2-7H,1H3,(H,15,16);1-3H;2-4,8H,1H3. The minimum Gasteiger partial charge on any atom is -0.506 e. The normalized spacial score (nSPS) is 9.40. The predicted molar refractivity (Wildman–Crippen MR) is 178 cm³/mol. The van der Waals surface area contributed by atoms with Gasteiger partial charge < -0.3 is 19.7 Å². The van der Waals surface area contributed by atoms with Gasteiger partial charge in [-0.1, -0.05) is 0 Å². The zero-order valence-electron chi connectivity index (χ0n) is 27.0. The van der Waals surface area contributed by atoms with Gasteiger partial charge in [0.15, 0.2) is 5.69 Å². The Hall–Kier alpha value is -7.32. The summed E-state index contributed by atoms with van der Waals surface area (Å²) in [6.45, 7) is 5.65. The number of carboxylic acids is 1. The first-order chi connectivity index (χ1) is 24.0. The van der Waals surface area contributed by atoms with Gasteiger partial charge in [-0.3, -0.25) is 15.0 Å². The maximum Gasteiger partial charge on any atom is 0.354 e. The summed E-state index contributed by atoms with van der Waals surface area (Å²) in [7, 11) is 0. The highest BCUT2D eigenvalue weighted by molar-refractivity contribution is 5.85. The van der Waals surface area contributed by atoms with E-state index in [1.54, 1.807) is 54.9 Å². The quantitative estimate of drug-likeness (QED) is 0.191. The summed E-state index contributed by atoms with van der Waals surface area (Å²) in [4.78, 5) is 33.8. The molecule has 0 amide bonds. The van der Waals surface area contributed by atoms with Gasteiger partial charge in [-0.15, -0.1) is 0 Å². The number of carbonyl (C=O) groups is 1. The maximum atomic E-state index is 12.2. The van der Waals surface area contributed by atoms with Crippen molar-refractivity contribution < 1.29 is 28.9 Å². The minimum absolute atomic E-state index is 0.0532. The average Bonchev–Trinajstić information content (AvgIpc) is 3.12. The van der Waals surface area contributed by atoms with Gasteiger partial charge in [-0.05, 0) is 75.4 Å². The maximum absolute atomic E-state index is 12.2. The SMILES string of the molecule is Cc1ccc(O)cn1.Cc1ccc(Oc2ccnc(C#N)c2)cn1.Cc1ccc(Oc2ccnc(C(=O)O)c2)cn1.N#Cc1cc(F)ccn1. The smallest absolute Gasteiger partial charge is 0.354 e. The molecule has 0 aromatic carbocycles. The summed E-state index contributed by atoms with van der Waals surface area (Å²) >= 11 is 0. The molecule has 0 aliphatic carbocycles. The lowest BCUT2D eigenvalue weighted by Gasteiger charge is -2.05. The molecule has 0 saturated carbocycles. The van der Waals surface area contributed by atoms with Gasteiger partial charge in [-0.25, -0.2) is 24.1 Å². The van der Waals surface area contributed by atoms with E-state index < -0.39 is 11.8 Å². The number of rotatable bonds is 5. The Bertz CT molecular complexity index is 2050. The largest absolute Gasteiger partial charge is 0.506 e. The Balaban J connectivity index is 0.000000189. The lowest BCUT2D eigenvalue weighted by molar-refractivity contribution is 0.0690. The summed E-state index contributed by atoms with van der Waals surface area (Å²) in [5.41, 5.74) is 3.12. The van der Waals surface area contributed by atoms with Crippen LogP contribution in [-0.2, 0) is 0 Å². The van der Waals surface area contributed by atoms with E-state index in [0.717, 1.165) is 23.1 Å². The average molecular weight is 673 g/mol. The minimum atomic E-state index is -1.09.